The minimum Gasteiger partial charge on any atom is -0.491 e. The van der Waals surface area contributed by atoms with Crippen molar-refractivity contribution in [2.24, 2.45) is 0 Å². The molecule has 0 atom stereocenters. The van der Waals surface area contributed by atoms with Crippen LogP contribution in [0.4, 0.5) is 0 Å². The normalized spacial score (nSPS) is 10.5. The van der Waals surface area contributed by atoms with Crippen LogP contribution >= 0.6 is 0 Å². The van der Waals surface area contributed by atoms with E-state index in [1.807, 2.05) is 66.7 Å². The van der Waals surface area contributed by atoms with Gasteiger partial charge in [-0.25, -0.2) is 0 Å². The molecular weight excluding hydrogens is 344 g/mol. The molecule has 0 amide bonds. The average molecular weight is 360 g/mol. The summed E-state index contributed by atoms with van der Waals surface area (Å²) in [6.45, 7) is 0.269. The van der Waals surface area contributed by atoms with Gasteiger partial charge in [0.05, 0.1) is 0 Å². The second kappa shape index (κ2) is 7.61. The first-order valence-corrected chi connectivity index (χ1v) is 8.34. The number of hydrogen-bond acceptors (Lipinski definition) is 6. The zero-order valence-corrected chi connectivity index (χ0v) is 14.3. The number of aromatic hydroxyl groups is 1. The van der Waals surface area contributed by atoms with E-state index < -0.39 is 0 Å². The smallest absolute Gasteiger partial charge is 0.252 e. The predicted molar refractivity (Wildman–Crippen MR) is 98.7 cm³/mol. The van der Waals surface area contributed by atoms with E-state index >= 15 is 0 Å². The van der Waals surface area contributed by atoms with Gasteiger partial charge in [-0.05, 0) is 53.7 Å². The number of para-hydroxylation sites is 1. The van der Waals surface area contributed by atoms with Crippen LogP contribution in [0.15, 0.2) is 83.5 Å². The maximum Gasteiger partial charge on any atom is 0.252 e. The van der Waals surface area contributed by atoms with Crippen molar-refractivity contribution < 1.29 is 19.1 Å². The predicted octanol–water partition coefficient (Wildman–Crippen LogP) is 4.81. The quantitative estimate of drug-likeness (QED) is 0.531. The molecule has 1 N–H and O–H groups in total. The third kappa shape index (κ3) is 4.07. The Morgan fingerprint density at radius 1 is 0.889 bits per heavy atom. The molecule has 2 aromatic carbocycles. The molecule has 27 heavy (non-hydrogen) atoms. The van der Waals surface area contributed by atoms with Gasteiger partial charge in [0.1, 0.15) is 23.8 Å². The van der Waals surface area contributed by atoms with Crippen LogP contribution in [0.5, 0.6) is 23.1 Å². The third-order valence-electron chi connectivity index (χ3n) is 3.83. The summed E-state index contributed by atoms with van der Waals surface area (Å²) >= 11 is 0. The van der Waals surface area contributed by atoms with E-state index in [1.165, 1.54) is 6.07 Å². The van der Waals surface area contributed by atoms with Crippen LogP contribution in [0.3, 0.4) is 0 Å². The van der Waals surface area contributed by atoms with Gasteiger partial charge in [-0.2, -0.15) is 0 Å². The molecular formula is C21H16N2O4. The summed E-state index contributed by atoms with van der Waals surface area (Å²) < 4.78 is 16.7. The van der Waals surface area contributed by atoms with E-state index in [0.717, 1.165) is 11.3 Å². The summed E-state index contributed by atoms with van der Waals surface area (Å²) in [7, 11) is 0. The molecule has 2 aromatic heterocycles. The number of rotatable bonds is 6. The Hall–Kier alpha value is -3.80. The Bertz CT molecular complexity index is 1010. The lowest BCUT2D eigenvalue weighted by atomic mass is 10.2. The number of ether oxygens (including phenoxy) is 2. The Morgan fingerprint density at radius 2 is 1.70 bits per heavy atom. The zero-order chi connectivity index (χ0) is 18.5. The summed E-state index contributed by atoms with van der Waals surface area (Å²) in [4.78, 5) is 4.36. The monoisotopic (exact) mass is 360 g/mol. The summed E-state index contributed by atoms with van der Waals surface area (Å²) in [5.74, 6) is 2.41. The first-order valence-electron chi connectivity index (χ1n) is 8.34. The van der Waals surface area contributed by atoms with E-state index in [0.29, 0.717) is 23.0 Å². The Labute approximate surface area is 155 Å². The molecule has 0 unspecified atom stereocenters. The number of benzene rings is 2. The second-order valence-electron chi connectivity index (χ2n) is 5.73. The molecule has 0 radical (unpaired) electrons. The minimum absolute atomic E-state index is 0.147. The Kier molecular flexibility index (Phi) is 4.70. The summed E-state index contributed by atoms with van der Waals surface area (Å²) in [6.07, 6.45) is 1.70. The molecule has 0 aliphatic heterocycles. The average Bonchev–Trinajstić information content (AvgIpc) is 3.15. The van der Waals surface area contributed by atoms with E-state index in [9.17, 15) is 5.11 Å². The molecule has 134 valence electrons. The van der Waals surface area contributed by atoms with Gasteiger partial charge in [0.25, 0.3) is 5.88 Å². The molecule has 0 fully saturated rings. The third-order valence-corrected chi connectivity index (χ3v) is 3.83. The lowest BCUT2D eigenvalue weighted by Crippen LogP contribution is -2.01. The molecule has 2 heterocycles. The number of pyridine rings is 1. The lowest BCUT2D eigenvalue weighted by molar-refractivity contribution is 0.294. The highest BCUT2D eigenvalue weighted by atomic mass is 16.5. The SMILES string of the molecule is Oc1cc(-c2ccc(OCc3ncccc3Oc3ccccc3)cc2)on1. The fourth-order valence-corrected chi connectivity index (χ4v) is 2.51. The van der Waals surface area contributed by atoms with Crippen LogP contribution in [0.25, 0.3) is 11.3 Å². The maximum absolute atomic E-state index is 9.26. The van der Waals surface area contributed by atoms with Crippen molar-refractivity contribution in [3.8, 4) is 34.5 Å². The highest BCUT2D eigenvalue weighted by Gasteiger charge is 2.09. The topological polar surface area (TPSA) is 77.6 Å². The van der Waals surface area contributed by atoms with Gasteiger partial charge in [-0.3, -0.25) is 4.98 Å². The molecule has 6 nitrogen and oxygen atoms in total. The van der Waals surface area contributed by atoms with Gasteiger partial charge in [-0.15, -0.1) is 0 Å². The molecule has 0 saturated carbocycles. The molecule has 4 rings (SSSR count). The molecule has 0 aliphatic rings. The number of aromatic nitrogens is 2. The zero-order valence-electron chi connectivity index (χ0n) is 14.3. The van der Waals surface area contributed by atoms with Gasteiger partial charge in [0.15, 0.2) is 11.5 Å². The van der Waals surface area contributed by atoms with Crippen molar-refractivity contribution >= 4 is 0 Å². The van der Waals surface area contributed by atoms with Gasteiger partial charge < -0.3 is 19.1 Å². The van der Waals surface area contributed by atoms with Crippen LogP contribution in [0, 0.1) is 0 Å². The summed E-state index contributed by atoms with van der Waals surface area (Å²) in [5.41, 5.74) is 1.49. The fraction of sp³-hybridized carbons (Fsp3) is 0.0476. The lowest BCUT2D eigenvalue weighted by Gasteiger charge is -2.11. The molecule has 0 bridgehead atoms. The van der Waals surface area contributed by atoms with E-state index in [4.69, 9.17) is 14.0 Å². The largest absolute Gasteiger partial charge is 0.491 e. The Balaban J connectivity index is 1.44. The van der Waals surface area contributed by atoms with Crippen LogP contribution in [-0.4, -0.2) is 15.2 Å². The first-order chi connectivity index (χ1) is 13.3. The molecule has 6 heteroatoms. The van der Waals surface area contributed by atoms with Crippen molar-refractivity contribution in [3.63, 3.8) is 0 Å². The van der Waals surface area contributed by atoms with Crippen molar-refractivity contribution in [1.29, 1.82) is 0 Å². The van der Waals surface area contributed by atoms with Crippen LogP contribution in [0.2, 0.25) is 0 Å². The van der Waals surface area contributed by atoms with Crippen LogP contribution in [-0.2, 0) is 6.61 Å². The first kappa shape index (κ1) is 16.7. The van der Waals surface area contributed by atoms with Crippen molar-refractivity contribution in [1.82, 2.24) is 10.1 Å². The highest BCUT2D eigenvalue weighted by Crippen LogP contribution is 2.27. The van der Waals surface area contributed by atoms with E-state index in [1.54, 1.807) is 6.20 Å². The van der Waals surface area contributed by atoms with Gasteiger partial charge >= 0.3 is 0 Å². The standard InChI is InChI=1S/C21H16N2O4/c24-21-13-20(27-23-21)15-8-10-16(11-9-15)25-14-18-19(7-4-12-22-18)26-17-5-2-1-3-6-17/h1-13H,14H2,(H,23,24). The van der Waals surface area contributed by atoms with E-state index in [2.05, 4.69) is 10.1 Å². The van der Waals surface area contributed by atoms with Gasteiger partial charge in [0, 0.05) is 17.8 Å². The fourth-order valence-electron chi connectivity index (χ4n) is 2.51. The van der Waals surface area contributed by atoms with Gasteiger partial charge in [0.2, 0.25) is 0 Å². The number of nitrogens with zero attached hydrogens (tertiary/aromatic N) is 2. The summed E-state index contributed by atoms with van der Waals surface area (Å²) in [6, 6.07) is 22.0. The molecule has 0 aliphatic carbocycles. The highest BCUT2D eigenvalue weighted by molar-refractivity contribution is 5.59. The van der Waals surface area contributed by atoms with Crippen LogP contribution in [0.1, 0.15) is 5.69 Å². The molecule has 4 aromatic rings. The van der Waals surface area contributed by atoms with Gasteiger partial charge in [-0.1, -0.05) is 18.2 Å². The minimum atomic E-state index is -0.147. The van der Waals surface area contributed by atoms with E-state index in [-0.39, 0.29) is 12.5 Å². The van der Waals surface area contributed by atoms with Crippen molar-refractivity contribution in [2.45, 2.75) is 6.61 Å². The maximum atomic E-state index is 9.26. The van der Waals surface area contributed by atoms with Crippen molar-refractivity contribution in [3.05, 3.63) is 84.7 Å². The summed E-state index contributed by atoms with van der Waals surface area (Å²) in [5, 5.41) is 12.7. The molecule has 0 saturated heterocycles. The number of hydrogen-bond donors (Lipinski definition) is 1. The van der Waals surface area contributed by atoms with Crippen molar-refractivity contribution in [2.75, 3.05) is 0 Å². The Morgan fingerprint density at radius 3 is 2.44 bits per heavy atom. The van der Waals surface area contributed by atoms with Crippen LogP contribution < -0.4 is 9.47 Å². The second-order valence-corrected chi connectivity index (χ2v) is 5.73. The molecule has 0 spiro atoms.